The first-order valence-corrected chi connectivity index (χ1v) is 6.40. The largest absolute Gasteiger partial charge is 0.377 e. The van der Waals surface area contributed by atoms with Gasteiger partial charge in [-0.1, -0.05) is 41.1 Å². The lowest BCUT2D eigenvalue weighted by Crippen LogP contribution is -2.10. The Morgan fingerprint density at radius 1 is 1.31 bits per heavy atom. The first-order valence-electron chi connectivity index (χ1n) is 5.61. The predicted octanol–water partition coefficient (Wildman–Crippen LogP) is 4.06. The van der Waals surface area contributed by atoms with Crippen LogP contribution < -0.4 is 4.90 Å². The molecular weight excluding hydrogens is 262 g/mol. The Kier molecular flexibility index (Phi) is 5.42. The SMILES string of the molecule is CCCCC#Cc1cc(Br)ccc1N(C)C. The van der Waals surface area contributed by atoms with E-state index >= 15 is 0 Å². The molecule has 1 nitrogen and oxygen atoms in total. The maximum Gasteiger partial charge on any atom is 0.0520 e. The number of halogens is 1. The number of anilines is 1. The zero-order valence-electron chi connectivity index (χ0n) is 10.2. The van der Waals surface area contributed by atoms with E-state index in [9.17, 15) is 0 Å². The average molecular weight is 280 g/mol. The highest BCUT2D eigenvalue weighted by Crippen LogP contribution is 2.22. The topological polar surface area (TPSA) is 3.24 Å². The molecule has 0 unspecified atom stereocenters. The van der Waals surface area contributed by atoms with Crippen molar-refractivity contribution in [3.05, 3.63) is 28.2 Å². The van der Waals surface area contributed by atoms with Gasteiger partial charge in [0, 0.05) is 30.6 Å². The van der Waals surface area contributed by atoms with Crippen LogP contribution in [-0.2, 0) is 0 Å². The van der Waals surface area contributed by atoms with Crippen LogP contribution in [0.2, 0.25) is 0 Å². The second kappa shape index (κ2) is 6.60. The minimum atomic E-state index is 0.982. The summed E-state index contributed by atoms with van der Waals surface area (Å²) in [5.41, 5.74) is 2.27. The molecule has 1 aromatic rings. The number of unbranched alkanes of at least 4 members (excludes halogenated alkanes) is 2. The molecule has 0 saturated carbocycles. The van der Waals surface area contributed by atoms with Gasteiger partial charge in [0.15, 0.2) is 0 Å². The molecule has 0 bridgehead atoms. The van der Waals surface area contributed by atoms with E-state index in [1.165, 1.54) is 18.5 Å². The highest BCUT2D eigenvalue weighted by molar-refractivity contribution is 9.10. The Bertz CT molecular complexity index is 399. The maximum atomic E-state index is 3.48. The van der Waals surface area contributed by atoms with Crippen molar-refractivity contribution in [1.82, 2.24) is 0 Å². The molecule has 0 saturated heterocycles. The first kappa shape index (κ1) is 13.1. The molecule has 1 rings (SSSR count). The summed E-state index contributed by atoms with van der Waals surface area (Å²) in [6.45, 7) is 2.19. The van der Waals surface area contributed by atoms with Gasteiger partial charge in [-0.3, -0.25) is 0 Å². The highest BCUT2D eigenvalue weighted by Gasteiger charge is 2.02. The summed E-state index contributed by atoms with van der Waals surface area (Å²) in [6.07, 6.45) is 3.36. The summed E-state index contributed by atoms with van der Waals surface area (Å²) in [7, 11) is 4.08. The molecule has 0 atom stereocenters. The number of hydrogen-bond acceptors (Lipinski definition) is 1. The summed E-state index contributed by atoms with van der Waals surface area (Å²) < 4.78 is 1.08. The summed E-state index contributed by atoms with van der Waals surface area (Å²) in [5.74, 6) is 6.48. The smallest absolute Gasteiger partial charge is 0.0520 e. The van der Waals surface area contributed by atoms with Crippen LogP contribution in [-0.4, -0.2) is 14.1 Å². The third-order valence-electron chi connectivity index (χ3n) is 2.32. The van der Waals surface area contributed by atoms with E-state index in [4.69, 9.17) is 0 Å². The predicted molar refractivity (Wildman–Crippen MR) is 74.9 cm³/mol. The molecule has 0 amide bonds. The molecular formula is C14H18BrN. The monoisotopic (exact) mass is 279 g/mol. The van der Waals surface area contributed by atoms with E-state index < -0.39 is 0 Å². The van der Waals surface area contributed by atoms with Crippen molar-refractivity contribution in [2.75, 3.05) is 19.0 Å². The summed E-state index contributed by atoms with van der Waals surface area (Å²) in [5, 5.41) is 0. The van der Waals surface area contributed by atoms with Gasteiger partial charge in [0.25, 0.3) is 0 Å². The second-order valence-corrected chi connectivity index (χ2v) is 4.88. The maximum absolute atomic E-state index is 3.48. The number of benzene rings is 1. The van der Waals surface area contributed by atoms with Crippen molar-refractivity contribution in [2.45, 2.75) is 26.2 Å². The molecule has 0 N–H and O–H groups in total. The molecule has 0 fully saturated rings. The lowest BCUT2D eigenvalue weighted by molar-refractivity contribution is 0.828. The minimum Gasteiger partial charge on any atom is -0.377 e. The Hall–Kier alpha value is -0.940. The van der Waals surface area contributed by atoms with Crippen molar-refractivity contribution in [2.24, 2.45) is 0 Å². The van der Waals surface area contributed by atoms with Gasteiger partial charge < -0.3 is 4.90 Å². The van der Waals surface area contributed by atoms with Crippen LogP contribution in [0.15, 0.2) is 22.7 Å². The second-order valence-electron chi connectivity index (χ2n) is 3.96. The van der Waals surface area contributed by atoms with E-state index in [-0.39, 0.29) is 0 Å². The Balaban J connectivity index is 2.90. The third-order valence-corrected chi connectivity index (χ3v) is 2.81. The summed E-state index contributed by atoms with van der Waals surface area (Å²) in [4.78, 5) is 2.09. The molecule has 16 heavy (non-hydrogen) atoms. The van der Waals surface area contributed by atoms with Crippen LogP contribution in [0.5, 0.6) is 0 Å². The quantitative estimate of drug-likeness (QED) is 0.596. The van der Waals surface area contributed by atoms with Gasteiger partial charge in [0.05, 0.1) is 5.69 Å². The fourth-order valence-electron chi connectivity index (χ4n) is 1.42. The molecule has 0 aliphatic carbocycles. The van der Waals surface area contributed by atoms with Gasteiger partial charge >= 0.3 is 0 Å². The van der Waals surface area contributed by atoms with Crippen molar-refractivity contribution in [3.8, 4) is 11.8 Å². The standard InChI is InChI=1S/C14H18BrN/c1-4-5-6-7-8-12-11-13(15)9-10-14(12)16(2)3/h9-11H,4-6H2,1-3H3. The zero-order valence-corrected chi connectivity index (χ0v) is 11.8. The fraction of sp³-hybridized carbons (Fsp3) is 0.429. The van der Waals surface area contributed by atoms with Crippen LogP contribution in [0.3, 0.4) is 0 Å². The van der Waals surface area contributed by atoms with Gasteiger partial charge in [0.1, 0.15) is 0 Å². The molecule has 0 heterocycles. The van der Waals surface area contributed by atoms with E-state index in [1.54, 1.807) is 0 Å². The highest BCUT2D eigenvalue weighted by atomic mass is 79.9. The molecule has 0 aromatic heterocycles. The Morgan fingerprint density at radius 3 is 2.69 bits per heavy atom. The lowest BCUT2D eigenvalue weighted by atomic mass is 10.1. The fourth-order valence-corrected chi connectivity index (χ4v) is 1.78. The van der Waals surface area contributed by atoms with Gasteiger partial charge in [-0.15, -0.1) is 0 Å². The molecule has 1 aromatic carbocycles. The van der Waals surface area contributed by atoms with Crippen LogP contribution >= 0.6 is 15.9 Å². The van der Waals surface area contributed by atoms with Crippen LogP contribution in [0.4, 0.5) is 5.69 Å². The van der Waals surface area contributed by atoms with Gasteiger partial charge in [-0.25, -0.2) is 0 Å². The van der Waals surface area contributed by atoms with E-state index in [2.05, 4.69) is 51.7 Å². The summed E-state index contributed by atoms with van der Waals surface area (Å²) >= 11 is 3.48. The van der Waals surface area contributed by atoms with Crippen LogP contribution in [0, 0.1) is 11.8 Å². The van der Waals surface area contributed by atoms with Crippen molar-refractivity contribution in [1.29, 1.82) is 0 Å². The molecule has 0 aliphatic rings. The number of nitrogens with zero attached hydrogens (tertiary/aromatic N) is 1. The Morgan fingerprint density at radius 2 is 2.06 bits per heavy atom. The number of rotatable bonds is 3. The molecule has 2 heteroatoms. The van der Waals surface area contributed by atoms with Crippen molar-refractivity contribution >= 4 is 21.6 Å². The van der Waals surface area contributed by atoms with E-state index in [0.717, 1.165) is 16.5 Å². The Labute approximate surface area is 107 Å². The normalized spacial score (nSPS) is 9.50. The molecule has 86 valence electrons. The molecule has 0 radical (unpaired) electrons. The van der Waals surface area contributed by atoms with E-state index in [0.29, 0.717) is 0 Å². The lowest BCUT2D eigenvalue weighted by Gasteiger charge is -2.14. The van der Waals surface area contributed by atoms with Gasteiger partial charge in [-0.05, 0) is 24.6 Å². The molecule has 0 spiro atoms. The van der Waals surface area contributed by atoms with Crippen molar-refractivity contribution < 1.29 is 0 Å². The first-order chi connectivity index (χ1) is 7.65. The zero-order chi connectivity index (χ0) is 12.0. The van der Waals surface area contributed by atoms with Gasteiger partial charge in [-0.2, -0.15) is 0 Å². The van der Waals surface area contributed by atoms with Crippen molar-refractivity contribution in [3.63, 3.8) is 0 Å². The third kappa shape index (κ3) is 3.90. The summed E-state index contributed by atoms with van der Waals surface area (Å²) in [6, 6.07) is 6.22. The number of hydrogen-bond donors (Lipinski definition) is 0. The van der Waals surface area contributed by atoms with Crippen LogP contribution in [0.1, 0.15) is 31.7 Å². The van der Waals surface area contributed by atoms with E-state index in [1.807, 2.05) is 20.2 Å². The average Bonchev–Trinajstić information content (AvgIpc) is 2.24. The van der Waals surface area contributed by atoms with Gasteiger partial charge in [0.2, 0.25) is 0 Å². The minimum absolute atomic E-state index is 0.982. The van der Waals surface area contributed by atoms with Crippen LogP contribution in [0.25, 0.3) is 0 Å². The molecule has 0 aliphatic heterocycles.